The molecular weight excluding hydrogens is 334 g/mol. The van der Waals surface area contributed by atoms with E-state index < -0.39 is 36.2 Å². The maximum Gasteiger partial charge on any atom is 0.328 e. The van der Waals surface area contributed by atoms with E-state index in [2.05, 4.69) is 20.8 Å². The Kier molecular flexibility index (Phi) is 7.74. The molecule has 2 unspecified atom stereocenters. The highest BCUT2D eigenvalue weighted by atomic mass is 16.4. The van der Waals surface area contributed by atoms with E-state index in [9.17, 15) is 14.7 Å². The lowest BCUT2D eigenvalue weighted by molar-refractivity contribution is -0.141. The standard InChI is InChI=1S/C14H25N5O6/c1-4-6(2)9(12-19-18-11(25-12)8(15)5-20)16-14(24)17-10(7(3)21)13(22)23/h6-10,20-21H,4-5,15H2,1-3H3,(H,22,23)(H2,16,17,24)/t6?,7?,8-,9-,10-/m0/s1. The van der Waals surface area contributed by atoms with E-state index >= 15 is 0 Å². The van der Waals surface area contributed by atoms with Gasteiger partial charge in [0, 0.05) is 0 Å². The van der Waals surface area contributed by atoms with Crippen LogP contribution < -0.4 is 16.4 Å². The minimum absolute atomic E-state index is 0.0282. The Hall–Kier alpha value is -2.24. The average Bonchev–Trinajstić information content (AvgIpc) is 3.05. The maximum absolute atomic E-state index is 12.1. The van der Waals surface area contributed by atoms with Crippen molar-refractivity contribution in [3.8, 4) is 0 Å². The predicted molar refractivity (Wildman–Crippen MR) is 85.3 cm³/mol. The highest BCUT2D eigenvalue weighted by Gasteiger charge is 2.30. The van der Waals surface area contributed by atoms with Crippen molar-refractivity contribution in [1.82, 2.24) is 20.8 Å². The Labute approximate surface area is 144 Å². The summed E-state index contributed by atoms with van der Waals surface area (Å²) in [5.41, 5.74) is 5.61. The van der Waals surface area contributed by atoms with Crippen LogP contribution >= 0.6 is 0 Å². The van der Waals surface area contributed by atoms with Crippen LogP contribution in [0.5, 0.6) is 0 Å². The summed E-state index contributed by atoms with van der Waals surface area (Å²) in [5, 5.41) is 39.8. The molecule has 1 aromatic heterocycles. The van der Waals surface area contributed by atoms with Gasteiger partial charge >= 0.3 is 12.0 Å². The largest absolute Gasteiger partial charge is 0.480 e. The van der Waals surface area contributed by atoms with Gasteiger partial charge in [-0.2, -0.15) is 0 Å². The van der Waals surface area contributed by atoms with Gasteiger partial charge in [0.15, 0.2) is 6.04 Å². The van der Waals surface area contributed by atoms with Gasteiger partial charge in [0.2, 0.25) is 11.8 Å². The van der Waals surface area contributed by atoms with E-state index in [1.165, 1.54) is 6.92 Å². The van der Waals surface area contributed by atoms with Gasteiger partial charge in [-0.3, -0.25) is 0 Å². The third kappa shape index (κ3) is 5.66. The number of nitrogens with two attached hydrogens (primary N) is 1. The number of carboxylic acids is 1. The first kappa shape index (κ1) is 20.8. The smallest absolute Gasteiger partial charge is 0.328 e. The zero-order chi connectivity index (χ0) is 19.1. The van der Waals surface area contributed by atoms with Crippen LogP contribution in [0, 0.1) is 5.92 Å². The fraction of sp³-hybridized carbons (Fsp3) is 0.714. The van der Waals surface area contributed by atoms with Crippen molar-refractivity contribution in [2.75, 3.05) is 6.61 Å². The van der Waals surface area contributed by atoms with Crippen LogP contribution in [-0.4, -0.2) is 56.3 Å². The van der Waals surface area contributed by atoms with E-state index in [1.54, 1.807) is 0 Å². The molecule has 0 saturated heterocycles. The van der Waals surface area contributed by atoms with E-state index in [4.69, 9.17) is 20.4 Å². The van der Waals surface area contributed by atoms with Gasteiger partial charge in [-0.1, -0.05) is 20.3 Å². The molecule has 1 rings (SSSR count). The van der Waals surface area contributed by atoms with Gasteiger partial charge in [0.1, 0.15) is 12.1 Å². The van der Waals surface area contributed by atoms with Crippen molar-refractivity contribution in [1.29, 1.82) is 0 Å². The molecule has 0 aliphatic heterocycles. The van der Waals surface area contributed by atoms with Crippen molar-refractivity contribution in [2.24, 2.45) is 11.7 Å². The van der Waals surface area contributed by atoms with Crippen LogP contribution in [0.3, 0.4) is 0 Å². The zero-order valence-corrected chi connectivity index (χ0v) is 14.3. The minimum Gasteiger partial charge on any atom is -0.480 e. The lowest BCUT2D eigenvalue weighted by Crippen LogP contribution is -2.52. The van der Waals surface area contributed by atoms with Crippen molar-refractivity contribution in [3.05, 3.63) is 11.8 Å². The normalized spacial score (nSPS) is 17.2. The molecule has 11 heteroatoms. The number of hydrogen-bond donors (Lipinski definition) is 6. The fourth-order valence-electron chi connectivity index (χ4n) is 2.00. The van der Waals surface area contributed by atoms with Crippen LogP contribution in [0.4, 0.5) is 4.79 Å². The Morgan fingerprint density at radius 1 is 1.24 bits per heavy atom. The van der Waals surface area contributed by atoms with Gasteiger partial charge in [-0.05, 0) is 12.8 Å². The number of nitrogens with zero attached hydrogens (tertiary/aromatic N) is 2. The number of urea groups is 1. The molecule has 0 saturated carbocycles. The number of hydrogen-bond acceptors (Lipinski definition) is 8. The molecule has 142 valence electrons. The van der Waals surface area contributed by atoms with Gasteiger partial charge in [0.05, 0.1) is 12.7 Å². The minimum atomic E-state index is -1.46. The number of aliphatic hydroxyl groups is 2. The summed E-state index contributed by atoms with van der Waals surface area (Å²) in [6.07, 6.45) is -0.615. The molecule has 0 aromatic carbocycles. The summed E-state index contributed by atoms with van der Waals surface area (Å²) in [7, 11) is 0. The molecule has 1 heterocycles. The molecule has 0 radical (unpaired) electrons. The zero-order valence-electron chi connectivity index (χ0n) is 14.3. The first-order chi connectivity index (χ1) is 11.7. The Bertz CT molecular complexity index is 578. The number of aliphatic hydroxyl groups excluding tert-OH is 2. The highest BCUT2D eigenvalue weighted by molar-refractivity contribution is 5.83. The SMILES string of the molecule is CCC(C)[C@H](NC(=O)N[C@H](C(=O)O)C(C)O)c1nnc([C@@H](N)CO)o1. The van der Waals surface area contributed by atoms with E-state index in [0.29, 0.717) is 6.42 Å². The molecule has 0 bridgehead atoms. The number of rotatable bonds is 9. The first-order valence-electron chi connectivity index (χ1n) is 7.88. The Morgan fingerprint density at radius 2 is 1.84 bits per heavy atom. The first-order valence-corrected chi connectivity index (χ1v) is 7.88. The monoisotopic (exact) mass is 359 g/mol. The number of aromatic nitrogens is 2. The van der Waals surface area contributed by atoms with E-state index in [0.717, 1.165) is 0 Å². The average molecular weight is 359 g/mol. The summed E-state index contributed by atoms with van der Waals surface area (Å²) < 4.78 is 5.41. The second kappa shape index (κ2) is 9.30. The number of aliphatic carboxylic acids is 1. The van der Waals surface area contributed by atoms with Crippen LogP contribution in [0.15, 0.2) is 4.42 Å². The number of nitrogens with one attached hydrogen (secondary N) is 2. The molecule has 1 aromatic rings. The molecular formula is C14H25N5O6. The summed E-state index contributed by atoms with van der Waals surface area (Å²) in [5.74, 6) is -1.36. The van der Waals surface area contributed by atoms with Gasteiger partial charge in [0.25, 0.3) is 0 Å². The number of carboxylic acid groups (broad SMARTS) is 1. The molecule has 25 heavy (non-hydrogen) atoms. The fourth-order valence-corrected chi connectivity index (χ4v) is 2.00. The summed E-state index contributed by atoms with van der Waals surface area (Å²) >= 11 is 0. The summed E-state index contributed by atoms with van der Waals surface area (Å²) in [6, 6.07) is -3.79. The number of carbonyl (C=O) groups is 2. The highest BCUT2D eigenvalue weighted by Crippen LogP contribution is 2.24. The third-order valence-electron chi connectivity index (χ3n) is 3.77. The van der Waals surface area contributed by atoms with Crippen LogP contribution in [0.25, 0.3) is 0 Å². The second-order valence-corrected chi connectivity index (χ2v) is 5.81. The van der Waals surface area contributed by atoms with Crippen molar-refractivity contribution < 1.29 is 29.3 Å². The molecule has 0 aliphatic carbocycles. The van der Waals surface area contributed by atoms with Crippen LogP contribution in [0.1, 0.15) is 51.1 Å². The van der Waals surface area contributed by atoms with Crippen molar-refractivity contribution in [2.45, 2.75) is 51.4 Å². The molecule has 0 spiro atoms. The molecule has 0 fully saturated rings. The van der Waals surface area contributed by atoms with Crippen LogP contribution in [-0.2, 0) is 4.79 Å². The molecule has 0 aliphatic rings. The Balaban J connectivity index is 2.91. The summed E-state index contributed by atoms with van der Waals surface area (Å²) in [6.45, 7) is 4.61. The Morgan fingerprint density at radius 3 is 2.32 bits per heavy atom. The quantitative estimate of drug-likeness (QED) is 0.331. The number of amides is 2. The van der Waals surface area contributed by atoms with Gasteiger partial charge in [-0.15, -0.1) is 10.2 Å². The van der Waals surface area contributed by atoms with Crippen molar-refractivity contribution >= 4 is 12.0 Å². The van der Waals surface area contributed by atoms with Gasteiger partial charge in [-0.25, -0.2) is 9.59 Å². The topological polar surface area (TPSA) is 184 Å². The molecule has 2 amide bonds. The van der Waals surface area contributed by atoms with E-state index in [1.807, 2.05) is 13.8 Å². The molecule has 5 atom stereocenters. The number of carbonyl (C=O) groups excluding carboxylic acids is 1. The summed E-state index contributed by atoms with van der Waals surface area (Å²) in [4.78, 5) is 23.2. The predicted octanol–water partition coefficient (Wildman–Crippen LogP) is -0.718. The lowest BCUT2D eigenvalue weighted by atomic mass is 9.99. The molecule has 7 N–H and O–H groups in total. The maximum atomic E-state index is 12.1. The van der Waals surface area contributed by atoms with Gasteiger partial charge < -0.3 is 36.1 Å². The second-order valence-electron chi connectivity index (χ2n) is 5.81. The van der Waals surface area contributed by atoms with E-state index in [-0.39, 0.29) is 24.3 Å². The van der Waals surface area contributed by atoms with Crippen LogP contribution in [0.2, 0.25) is 0 Å². The third-order valence-corrected chi connectivity index (χ3v) is 3.77. The molecule has 11 nitrogen and oxygen atoms in total. The van der Waals surface area contributed by atoms with Crippen molar-refractivity contribution in [3.63, 3.8) is 0 Å². The lowest BCUT2D eigenvalue weighted by Gasteiger charge is -2.23.